The van der Waals surface area contributed by atoms with E-state index in [4.69, 9.17) is 32.7 Å². The van der Waals surface area contributed by atoms with Crippen LogP contribution in [0.1, 0.15) is 50.7 Å². The molecule has 0 saturated carbocycles. The number of benzene rings is 2. The zero-order valence-electron chi connectivity index (χ0n) is 15.0. The summed E-state index contributed by atoms with van der Waals surface area (Å²) in [7, 11) is 0. The summed E-state index contributed by atoms with van der Waals surface area (Å²) in [5, 5.41) is 1.40. The largest absolute Gasteiger partial charge is 0.493 e. The molecule has 0 aromatic heterocycles. The van der Waals surface area contributed by atoms with Crippen molar-refractivity contribution in [2.24, 2.45) is 0 Å². The molecule has 4 heteroatoms. The SMILES string of the molecule is CCCCOc1ccc(Cl)cc1Cc1cc(Cl)ccc1OCCCC. The number of unbranched alkanes of at least 4 members (excludes halogenated alkanes) is 2. The van der Waals surface area contributed by atoms with Gasteiger partial charge in [0.15, 0.2) is 0 Å². The summed E-state index contributed by atoms with van der Waals surface area (Å²) in [5.74, 6) is 1.75. The summed E-state index contributed by atoms with van der Waals surface area (Å²) >= 11 is 12.4. The first-order valence-corrected chi connectivity index (χ1v) is 9.72. The van der Waals surface area contributed by atoms with Gasteiger partial charge in [0.05, 0.1) is 13.2 Å². The molecule has 2 aromatic rings. The molecule has 2 nitrogen and oxygen atoms in total. The fourth-order valence-corrected chi connectivity index (χ4v) is 2.90. The standard InChI is InChI=1S/C21H26Cl2O2/c1-3-5-11-24-20-9-7-18(22)14-16(20)13-17-15-19(23)8-10-21(17)25-12-6-4-2/h7-10,14-15H,3-6,11-13H2,1-2H3. The minimum atomic E-state index is 0.671. The quantitative estimate of drug-likeness (QED) is 0.415. The summed E-state index contributed by atoms with van der Waals surface area (Å²) in [6, 6.07) is 11.5. The van der Waals surface area contributed by atoms with E-state index in [0.29, 0.717) is 29.7 Å². The summed E-state index contributed by atoms with van der Waals surface area (Å²) < 4.78 is 11.9. The Morgan fingerprint density at radius 1 is 0.720 bits per heavy atom. The Hall–Kier alpha value is -1.38. The molecule has 0 fully saturated rings. The van der Waals surface area contributed by atoms with Crippen molar-refractivity contribution >= 4 is 23.2 Å². The lowest BCUT2D eigenvalue weighted by Gasteiger charge is -2.15. The molecule has 0 N–H and O–H groups in total. The van der Waals surface area contributed by atoms with Gasteiger partial charge in [-0.15, -0.1) is 0 Å². The molecular formula is C21H26Cl2O2. The van der Waals surface area contributed by atoms with Gasteiger partial charge in [0.1, 0.15) is 11.5 Å². The molecule has 0 bridgehead atoms. The third kappa shape index (κ3) is 6.45. The maximum atomic E-state index is 6.20. The van der Waals surface area contributed by atoms with Crippen LogP contribution in [-0.4, -0.2) is 13.2 Å². The Morgan fingerprint density at radius 3 is 1.56 bits per heavy atom. The van der Waals surface area contributed by atoms with Crippen molar-refractivity contribution in [3.8, 4) is 11.5 Å². The summed E-state index contributed by atoms with van der Waals surface area (Å²) in [5.41, 5.74) is 2.09. The molecule has 2 aromatic carbocycles. The van der Waals surface area contributed by atoms with Crippen molar-refractivity contribution in [1.29, 1.82) is 0 Å². The van der Waals surface area contributed by atoms with Crippen LogP contribution >= 0.6 is 23.2 Å². The van der Waals surface area contributed by atoms with E-state index in [0.717, 1.165) is 48.3 Å². The minimum Gasteiger partial charge on any atom is -0.493 e. The predicted octanol–water partition coefficient (Wildman–Crippen LogP) is 6.94. The van der Waals surface area contributed by atoms with Gasteiger partial charge in [-0.3, -0.25) is 0 Å². The van der Waals surface area contributed by atoms with Gasteiger partial charge < -0.3 is 9.47 Å². The van der Waals surface area contributed by atoms with Crippen LogP contribution in [0.5, 0.6) is 11.5 Å². The smallest absolute Gasteiger partial charge is 0.122 e. The number of ether oxygens (including phenoxy) is 2. The highest BCUT2D eigenvalue weighted by molar-refractivity contribution is 6.31. The third-order valence-corrected chi connectivity index (χ3v) is 4.41. The number of halogens is 2. The topological polar surface area (TPSA) is 18.5 Å². The Bertz CT molecular complexity index is 613. The van der Waals surface area contributed by atoms with Crippen LogP contribution in [-0.2, 0) is 6.42 Å². The molecule has 136 valence electrons. The first kappa shape index (κ1) is 19.9. The van der Waals surface area contributed by atoms with Crippen LogP contribution < -0.4 is 9.47 Å². The van der Waals surface area contributed by atoms with Crippen molar-refractivity contribution in [2.45, 2.75) is 46.0 Å². The molecule has 0 atom stereocenters. The van der Waals surface area contributed by atoms with Crippen molar-refractivity contribution in [1.82, 2.24) is 0 Å². The average Bonchev–Trinajstić information content (AvgIpc) is 2.59. The monoisotopic (exact) mass is 380 g/mol. The van der Waals surface area contributed by atoms with E-state index >= 15 is 0 Å². The minimum absolute atomic E-state index is 0.671. The van der Waals surface area contributed by atoms with Crippen LogP contribution in [0.4, 0.5) is 0 Å². The van der Waals surface area contributed by atoms with Gasteiger partial charge >= 0.3 is 0 Å². The maximum absolute atomic E-state index is 6.20. The second-order valence-corrected chi connectivity index (χ2v) is 6.96. The molecule has 0 aliphatic heterocycles. The van der Waals surface area contributed by atoms with Gasteiger partial charge in [-0.2, -0.15) is 0 Å². The van der Waals surface area contributed by atoms with E-state index < -0.39 is 0 Å². The highest BCUT2D eigenvalue weighted by atomic mass is 35.5. The van der Waals surface area contributed by atoms with Gasteiger partial charge in [-0.25, -0.2) is 0 Å². The normalized spacial score (nSPS) is 10.7. The Kier molecular flexibility index (Phi) is 8.43. The first-order valence-electron chi connectivity index (χ1n) is 8.96. The highest BCUT2D eigenvalue weighted by Crippen LogP contribution is 2.31. The van der Waals surface area contributed by atoms with Crippen molar-refractivity contribution in [3.63, 3.8) is 0 Å². The molecule has 2 rings (SSSR count). The van der Waals surface area contributed by atoms with Crippen molar-refractivity contribution in [3.05, 3.63) is 57.6 Å². The van der Waals surface area contributed by atoms with Gasteiger partial charge in [-0.1, -0.05) is 49.9 Å². The highest BCUT2D eigenvalue weighted by Gasteiger charge is 2.11. The Morgan fingerprint density at radius 2 is 1.16 bits per heavy atom. The molecule has 25 heavy (non-hydrogen) atoms. The Balaban J connectivity index is 2.22. The van der Waals surface area contributed by atoms with E-state index in [2.05, 4.69) is 13.8 Å². The second-order valence-electron chi connectivity index (χ2n) is 6.08. The van der Waals surface area contributed by atoms with E-state index in [-0.39, 0.29) is 0 Å². The summed E-state index contributed by atoms with van der Waals surface area (Å²) in [6.45, 7) is 5.72. The molecule has 0 amide bonds. The molecule has 0 aliphatic carbocycles. The third-order valence-electron chi connectivity index (χ3n) is 3.94. The van der Waals surface area contributed by atoms with Crippen LogP contribution in [0.2, 0.25) is 10.0 Å². The first-order chi connectivity index (χ1) is 12.1. The summed E-state index contributed by atoms with van der Waals surface area (Å²) in [4.78, 5) is 0. The predicted molar refractivity (Wildman–Crippen MR) is 107 cm³/mol. The van der Waals surface area contributed by atoms with Gasteiger partial charge in [-0.05, 0) is 49.2 Å². The molecule has 0 heterocycles. The fraction of sp³-hybridized carbons (Fsp3) is 0.429. The average molecular weight is 381 g/mol. The van der Waals surface area contributed by atoms with Crippen LogP contribution in [0.3, 0.4) is 0 Å². The fourth-order valence-electron chi connectivity index (χ4n) is 2.51. The van der Waals surface area contributed by atoms with E-state index in [1.807, 2.05) is 36.4 Å². The molecular weight excluding hydrogens is 355 g/mol. The second kappa shape index (κ2) is 10.6. The lowest BCUT2D eigenvalue weighted by Crippen LogP contribution is -2.03. The Labute approximate surface area is 161 Å². The lowest BCUT2D eigenvalue weighted by molar-refractivity contribution is 0.303. The molecule has 0 aliphatic rings. The number of hydrogen-bond acceptors (Lipinski definition) is 2. The van der Waals surface area contributed by atoms with E-state index in [1.54, 1.807) is 0 Å². The zero-order chi connectivity index (χ0) is 18.1. The maximum Gasteiger partial charge on any atom is 0.122 e. The molecule has 0 saturated heterocycles. The van der Waals surface area contributed by atoms with Crippen molar-refractivity contribution < 1.29 is 9.47 Å². The van der Waals surface area contributed by atoms with Crippen LogP contribution in [0.15, 0.2) is 36.4 Å². The van der Waals surface area contributed by atoms with E-state index in [9.17, 15) is 0 Å². The van der Waals surface area contributed by atoms with Gasteiger partial charge in [0.2, 0.25) is 0 Å². The number of hydrogen-bond donors (Lipinski definition) is 0. The lowest BCUT2D eigenvalue weighted by atomic mass is 10.0. The van der Waals surface area contributed by atoms with E-state index in [1.165, 1.54) is 0 Å². The van der Waals surface area contributed by atoms with Crippen LogP contribution in [0.25, 0.3) is 0 Å². The van der Waals surface area contributed by atoms with Crippen molar-refractivity contribution in [2.75, 3.05) is 13.2 Å². The molecule has 0 radical (unpaired) electrons. The summed E-state index contributed by atoms with van der Waals surface area (Å²) in [6.07, 6.45) is 4.94. The molecule has 0 spiro atoms. The number of rotatable bonds is 10. The van der Waals surface area contributed by atoms with Gasteiger partial charge in [0.25, 0.3) is 0 Å². The van der Waals surface area contributed by atoms with Gasteiger partial charge in [0, 0.05) is 27.6 Å². The zero-order valence-corrected chi connectivity index (χ0v) is 16.5. The molecule has 0 unspecified atom stereocenters. The van der Waals surface area contributed by atoms with Crippen LogP contribution in [0, 0.1) is 0 Å².